The van der Waals surface area contributed by atoms with Gasteiger partial charge in [-0.3, -0.25) is 10.1 Å². The van der Waals surface area contributed by atoms with Crippen LogP contribution in [0.1, 0.15) is 34.6 Å². The van der Waals surface area contributed by atoms with Crippen LogP contribution in [0.3, 0.4) is 0 Å². The largest absolute Gasteiger partial charge is 0.493 e. The molecule has 0 fully saturated rings. The molecule has 0 radical (unpaired) electrons. The number of nitrogens with one attached hydrogen (secondary N) is 2. The second-order valence-corrected chi connectivity index (χ2v) is 6.40. The van der Waals surface area contributed by atoms with E-state index in [2.05, 4.69) is 10.6 Å². The SMILES string of the molecule is CC(C)COc1cccc(C(=O)NC(=S)Nc2ccccc2C(=O)O)c1. The van der Waals surface area contributed by atoms with Crippen molar-refractivity contribution in [1.82, 2.24) is 5.32 Å². The lowest BCUT2D eigenvalue weighted by molar-refractivity contribution is 0.0698. The summed E-state index contributed by atoms with van der Waals surface area (Å²) in [5, 5.41) is 14.5. The molecule has 0 bridgehead atoms. The van der Waals surface area contributed by atoms with Crippen LogP contribution in [0.4, 0.5) is 5.69 Å². The maximum atomic E-state index is 12.3. The van der Waals surface area contributed by atoms with E-state index >= 15 is 0 Å². The van der Waals surface area contributed by atoms with E-state index in [0.717, 1.165) is 0 Å². The van der Waals surface area contributed by atoms with Crippen LogP contribution in [-0.2, 0) is 0 Å². The van der Waals surface area contributed by atoms with Crippen LogP contribution in [0, 0.1) is 5.92 Å². The van der Waals surface area contributed by atoms with Gasteiger partial charge in [-0.25, -0.2) is 4.79 Å². The fourth-order valence-electron chi connectivity index (χ4n) is 2.10. The minimum atomic E-state index is -1.09. The van der Waals surface area contributed by atoms with E-state index in [4.69, 9.17) is 17.0 Å². The summed E-state index contributed by atoms with van der Waals surface area (Å²) in [4.78, 5) is 23.6. The minimum Gasteiger partial charge on any atom is -0.493 e. The number of para-hydroxylation sites is 1. The Morgan fingerprint density at radius 1 is 1.15 bits per heavy atom. The first-order valence-corrected chi connectivity index (χ1v) is 8.45. The lowest BCUT2D eigenvalue weighted by atomic mass is 10.2. The average molecular weight is 372 g/mol. The van der Waals surface area contributed by atoms with Crippen molar-refractivity contribution in [2.75, 3.05) is 11.9 Å². The molecule has 26 heavy (non-hydrogen) atoms. The molecular weight excluding hydrogens is 352 g/mol. The first-order valence-electron chi connectivity index (χ1n) is 8.04. The summed E-state index contributed by atoms with van der Waals surface area (Å²) in [6.45, 7) is 4.63. The predicted octanol–water partition coefficient (Wildman–Crippen LogP) is 3.55. The van der Waals surface area contributed by atoms with Crippen molar-refractivity contribution in [2.24, 2.45) is 5.92 Å². The quantitative estimate of drug-likeness (QED) is 0.672. The van der Waals surface area contributed by atoms with Gasteiger partial charge < -0.3 is 15.2 Å². The topological polar surface area (TPSA) is 87.7 Å². The first-order chi connectivity index (χ1) is 12.4. The van der Waals surface area contributed by atoms with Crippen molar-refractivity contribution < 1.29 is 19.4 Å². The molecular formula is C19H20N2O4S. The molecule has 0 saturated heterocycles. The highest BCUT2D eigenvalue weighted by molar-refractivity contribution is 7.80. The normalized spacial score (nSPS) is 10.3. The van der Waals surface area contributed by atoms with Crippen molar-refractivity contribution in [3.63, 3.8) is 0 Å². The molecule has 6 nitrogen and oxygen atoms in total. The third-order valence-corrected chi connectivity index (χ3v) is 3.52. The Morgan fingerprint density at radius 3 is 2.58 bits per heavy atom. The zero-order valence-electron chi connectivity index (χ0n) is 14.5. The number of amides is 1. The molecule has 0 saturated carbocycles. The Labute approximate surface area is 157 Å². The second kappa shape index (κ2) is 8.96. The van der Waals surface area contributed by atoms with Gasteiger partial charge in [0.05, 0.1) is 17.9 Å². The van der Waals surface area contributed by atoms with Gasteiger partial charge in [-0.15, -0.1) is 0 Å². The predicted molar refractivity (Wildman–Crippen MR) is 104 cm³/mol. The number of carbonyl (C=O) groups is 2. The number of carbonyl (C=O) groups excluding carboxylic acids is 1. The lowest BCUT2D eigenvalue weighted by Crippen LogP contribution is -2.34. The Balaban J connectivity index is 2.02. The van der Waals surface area contributed by atoms with E-state index in [1.165, 1.54) is 6.07 Å². The van der Waals surface area contributed by atoms with Gasteiger partial charge >= 0.3 is 5.97 Å². The van der Waals surface area contributed by atoms with Crippen molar-refractivity contribution in [1.29, 1.82) is 0 Å². The number of carboxylic acids is 1. The zero-order chi connectivity index (χ0) is 19.1. The molecule has 0 atom stereocenters. The zero-order valence-corrected chi connectivity index (χ0v) is 15.3. The van der Waals surface area contributed by atoms with Gasteiger partial charge in [0.15, 0.2) is 5.11 Å². The van der Waals surface area contributed by atoms with Crippen molar-refractivity contribution in [3.8, 4) is 5.75 Å². The minimum absolute atomic E-state index is 0.0113. The highest BCUT2D eigenvalue weighted by Crippen LogP contribution is 2.16. The smallest absolute Gasteiger partial charge is 0.337 e. The van der Waals surface area contributed by atoms with E-state index in [1.807, 2.05) is 13.8 Å². The van der Waals surface area contributed by atoms with Crippen LogP contribution in [-0.4, -0.2) is 28.7 Å². The van der Waals surface area contributed by atoms with Crippen LogP contribution < -0.4 is 15.4 Å². The van der Waals surface area contributed by atoms with Gasteiger partial charge in [0, 0.05) is 5.56 Å². The van der Waals surface area contributed by atoms with E-state index < -0.39 is 11.9 Å². The monoisotopic (exact) mass is 372 g/mol. The number of hydrogen-bond donors (Lipinski definition) is 3. The standard InChI is InChI=1S/C19H20N2O4S/c1-12(2)11-25-14-7-5-6-13(10-14)17(22)21-19(26)20-16-9-4-3-8-15(16)18(23)24/h3-10,12H,11H2,1-2H3,(H,23,24)(H2,20,21,22,26). The average Bonchev–Trinajstić information content (AvgIpc) is 2.60. The number of anilines is 1. The van der Waals surface area contributed by atoms with Gasteiger partial charge in [0.2, 0.25) is 0 Å². The van der Waals surface area contributed by atoms with Gasteiger partial charge in [0.1, 0.15) is 5.75 Å². The molecule has 2 rings (SSSR count). The molecule has 2 aromatic carbocycles. The lowest BCUT2D eigenvalue weighted by Gasteiger charge is -2.12. The molecule has 0 aliphatic rings. The molecule has 0 unspecified atom stereocenters. The van der Waals surface area contributed by atoms with Crippen LogP contribution in [0.25, 0.3) is 0 Å². The van der Waals surface area contributed by atoms with E-state index in [-0.39, 0.29) is 10.7 Å². The van der Waals surface area contributed by atoms with Gasteiger partial charge in [-0.2, -0.15) is 0 Å². The number of thiocarbonyl (C=S) groups is 1. The first kappa shape index (κ1) is 19.4. The summed E-state index contributed by atoms with van der Waals surface area (Å²) in [6.07, 6.45) is 0. The molecule has 0 aliphatic carbocycles. The summed E-state index contributed by atoms with van der Waals surface area (Å²) in [5.41, 5.74) is 0.759. The molecule has 0 aromatic heterocycles. The summed E-state index contributed by atoms with van der Waals surface area (Å²) >= 11 is 5.11. The van der Waals surface area contributed by atoms with Crippen LogP contribution in [0.5, 0.6) is 5.75 Å². The summed E-state index contributed by atoms with van der Waals surface area (Å²) in [7, 11) is 0. The third-order valence-electron chi connectivity index (χ3n) is 3.31. The van der Waals surface area contributed by atoms with Crippen molar-refractivity contribution in [3.05, 3.63) is 59.7 Å². The number of carboxylic acid groups (broad SMARTS) is 1. The number of rotatable bonds is 6. The molecule has 136 valence electrons. The fourth-order valence-corrected chi connectivity index (χ4v) is 2.30. The van der Waals surface area contributed by atoms with Crippen LogP contribution in [0.2, 0.25) is 0 Å². The van der Waals surface area contributed by atoms with Gasteiger partial charge in [-0.1, -0.05) is 32.0 Å². The molecule has 0 heterocycles. The van der Waals surface area contributed by atoms with E-state index in [1.54, 1.807) is 42.5 Å². The molecule has 1 amide bonds. The van der Waals surface area contributed by atoms with Gasteiger partial charge in [-0.05, 0) is 48.5 Å². The highest BCUT2D eigenvalue weighted by Gasteiger charge is 2.13. The Kier molecular flexibility index (Phi) is 6.68. The van der Waals surface area contributed by atoms with Crippen molar-refractivity contribution in [2.45, 2.75) is 13.8 Å². The highest BCUT2D eigenvalue weighted by atomic mass is 32.1. The number of hydrogen-bond acceptors (Lipinski definition) is 4. The maximum Gasteiger partial charge on any atom is 0.337 e. The van der Waals surface area contributed by atoms with E-state index in [9.17, 15) is 14.7 Å². The molecule has 0 aliphatic heterocycles. The number of aromatic carboxylic acids is 1. The maximum absolute atomic E-state index is 12.3. The summed E-state index contributed by atoms with van der Waals surface area (Å²) in [6, 6.07) is 13.1. The molecule has 0 spiro atoms. The molecule has 3 N–H and O–H groups in total. The fraction of sp³-hybridized carbons (Fsp3) is 0.211. The Hall–Kier alpha value is -2.93. The summed E-state index contributed by atoms with van der Waals surface area (Å²) < 4.78 is 5.61. The Bertz CT molecular complexity index is 821. The third kappa shape index (κ3) is 5.56. The Morgan fingerprint density at radius 2 is 1.88 bits per heavy atom. The summed E-state index contributed by atoms with van der Waals surface area (Å²) in [5.74, 6) is -0.525. The van der Waals surface area contributed by atoms with Crippen LogP contribution >= 0.6 is 12.2 Å². The molecule has 7 heteroatoms. The number of benzene rings is 2. The van der Waals surface area contributed by atoms with Gasteiger partial charge in [0.25, 0.3) is 5.91 Å². The number of ether oxygens (including phenoxy) is 1. The van der Waals surface area contributed by atoms with E-state index in [0.29, 0.717) is 29.5 Å². The second-order valence-electron chi connectivity index (χ2n) is 5.99. The molecule has 2 aromatic rings. The van der Waals surface area contributed by atoms with Crippen LogP contribution in [0.15, 0.2) is 48.5 Å². The van der Waals surface area contributed by atoms with Crippen molar-refractivity contribution >= 4 is 34.9 Å².